The van der Waals surface area contributed by atoms with Gasteiger partial charge in [0.2, 0.25) is 10.0 Å². The van der Waals surface area contributed by atoms with Crippen molar-refractivity contribution in [3.05, 3.63) is 88.9 Å². The summed E-state index contributed by atoms with van der Waals surface area (Å²) in [4.78, 5) is 11.9. The van der Waals surface area contributed by atoms with Gasteiger partial charge >= 0.3 is 5.97 Å². The maximum Gasteiger partial charge on any atom is 0.307 e. The molecule has 0 saturated heterocycles. The second-order valence-corrected chi connectivity index (χ2v) is 11.7. The fourth-order valence-corrected chi connectivity index (χ4v) is 7.16. The Kier molecular flexibility index (Phi) is 7.38. The van der Waals surface area contributed by atoms with Gasteiger partial charge in [-0.05, 0) is 47.7 Å². The van der Waals surface area contributed by atoms with E-state index in [9.17, 15) is 18.3 Å². The number of nitrogens with one attached hydrogen (secondary N) is 1. The first-order valence-corrected chi connectivity index (χ1v) is 14.4. The molecule has 1 aliphatic rings. The molecule has 2 N–H and O–H groups in total. The molecular formula is C29H29ClN2O4S. The molecule has 0 aliphatic heterocycles. The number of fused-ring (bicyclic) bond motifs is 1. The van der Waals surface area contributed by atoms with Crippen LogP contribution in [-0.4, -0.2) is 30.1 Å². The SMILES string of the molecule is O=C(O)Cc1c(-c2ccc(Cl)c(S(=O)(=O)NC3CCCCC3)c2)n(Cc2ccccc2)c2ccccc12. The highest BCUT2D eigenvalue weighted by molar-refractivity contribution is 7.89. The molecule has 0 unspecified atom stereocenters. The van der Waals surface area contributed by atoms with Crippen LogP contribution in [0.5, 0.6) is 0 Å². The average molecular weight is 537 g/mol. The molecule has 192 valence electrons. The number of nitrogens with zero attached hydrogens (tertiary/aromatic N) is 1. The molecular weight excluding hydrogens is 508 g/mol. The number of hydrogen-bond acceptors (Lipinski definition) is 3. The Morgan fingerprint density at radius 2 is 1.68 bits per heavy atom. The highest BCUT2D eigenvalue weighted by Crippen LogP contribution is 2.37. The largest absolute Gasteiger partial charge is 0.481 e. The first-order valence-electron chi connectivity index (χ1n) is 12.5. The summed E-state index contributed by atoms with van der Waals surface area (Å²) in [7, 11) is -3.87. The smallest absolute Gasteiger partial charge is 0.307 e. The van der Waals surface area contributed by atoms with E-state index in [0.717, 1.165) is 48.6 Å². The van der Waals surface area contributed by atoms with Crippen LogP contribution in [0.25, 0.3) is 22.2 Å². The molecule has 37 heavy (non-hydrogen) atoms. The van der Waals surface area contributed by atoms with Crippen LogP contribution >= 0.6 is 11.6 Å². The summed E-state index contributed by atoms with van der Waals surface area (Å²) in [5.74, 6) is -0.954. The Labute approximate surface area is 221 Å². The first-order chi connectivity index (χ1) is 17.8. The quantitative estimate of drug-likeness (QED) is 0.278. The Balaban J connectivity index is 1.68. The minimum Gasteiger partial charge on any atom is -0.481 e. The summed E-state index contributed by atoms with van der Waals surface area (Å²) in [5, 5.41) is 10.7. The summed E-state index contributed by atoms with van der Waals surface area (Å²) in [6.45, 7) is 0.501. The van der Waals surface area contributed by atoms with Crippen LogP contribution in [0.2, 0.25) is 5.02 Å². The lowest BCUT2D eigenvalue weighted by atomic mass is 9.96. The van der Waals surface area contributed by atoms with Crippen LogP contribution in [0, 0.1) is 0 Å². The van der Waals surface area contributed by atoms with E-state index in [0.29, 0.717) is 23.4 Å². The summed E-state index contributed by atoms with van der Waals surface area (Å²) in [6, 6.07) is 22.4. The van der Waals surface area contributed by atoms with Crippen LogP contribution in [0.3, 0.4) is 0 Å². The molecule has 8 heteroatoms. The summed E-state index contributed by atoms with van der Waals surface area (Å²) in [6.07, 6.45) is 4.54. The van der Waals surface area contributed by atoms with E-state index < -0.39 is 16.0 Å². The minimum absolute atomic E-state index is 0.00929. The highest BCUT2D eigenvalue weighted by Gasteiger charge is 2.26. The van der Waals surface area contributed by atoms with Gasteiger partial charge in [0.1, 0.15) is 4.90 Å². The molecule has 3 aromatic carbocycles. The second-order valence-electron chi connectivity index (χ2n) is 9.59. The molecule has 5 rings (SSSR count). The van der Waals surface area contributed by atoms with Gasteiger partial charge in [0, 0.05) is 23.5 Å². The normalized spacial score (nSPS) is 14.7. The number of rotatable bonds is 8. The fourth-order valence-electron chi connectivity index (χ4n) is 5.33. The van der Waals surface area contributed by atoms with E-state index in [4.69, 9.17) is 11.6 Å². The first kappa shape index (κ1) is 25.5. The Bertz CT molecular complexity index is 1540. The Morgan fingerprint density at radius 3 is 2.41 bits per heavy atom. The number of sulfonamides is 1. The third-order valence-electron chi connectivity index (χ3n) is 7.01. The maximum absolute atomic E-state index is 13.4. The van der Waals surface area contributed by atoms with Gasteiger partial charge in [0.05, 0.1) is 17.1 Å². The Morgan fingerprint density at radius 1 is 0.973 bits per heavy atom. The Hall–Kier alpha value is -3.13. The summed E-state index contributed by atoms with van der Waals surface area (Å²) in [5.41, 5.74) is 3.87. The third-order valence-corrected chi connectivity index (χ3v) is 9.01. The lowest BCUT2D eigenvalue weighted by Crippen LogP contribution is -2.36. The number of para-hydroxylation sites is 1. The van der Waals surface area contributed by atoms with E-state index >= 15 is 0 Å². The number of aromatic nitrogens is 1. The number of carboxylic acid groups (broad SMARTS) is 1. The van der Waals surface area contributed by atoms with Crippen molar-refractivity contribution >= 4 is 38.5 Å². The number of carbonyl (C=O) groups is 1. The molecule has 1 aliphatic carbocycles. The molecule has 0 spiro atoms. The van der Waals surface area contributed by atoms with Gasteiger partial charge in [-0.25, -0.2) is 13.1 Å². The van der Waals surface area contributed by atoms with Crippen LogP contribution in [-0.2, 0) is 27.8 Å². The maximum atomic E-state index is 13.4. The van der Waals surface area contributed by atoms with E-state index in [1.54, 1.807) is 18.2 Å². The van der Waals surface area contributed by atoms with Gasteiger partial charge in [-0.3, -0.25) is 4.79 Å². The molecule has 4 aromatic rings. The van der Waals surface area contributed by atoms with Crippen molar-refractivity contribution in [1.82, 2.24) is 9.29 Å². The third kappa shape index (κ3) is 5.44. The van der Waals surface area contributed by atoms with E-state index in [1.165, 1.54) is 0 Å². The zero-order valence-corrected chi connectivity index (χ0v) is 21.9. The number of hydrogen-bond donors (Lipinski definition) is 2. The van der Waals surface area contributed by atoms with Crippen LogP contribution in [0.15, 0.2) is 77.7 Å². The van der Waals surface area contributed by atoms with Gasteiger partial charge in [0.15, 0.2) is 0 Å². The number of halogens is 1. The van der Waals surface area contributed by atoms with Crippen molar-refractivity contribution in [3.63, 3.8) is 0 Å². The molecule has 0 amide bonds. The minimum atomic E-state index is -3.87. The van der Waals surface area contributed by atoms with E-state index in [2.05, 4.69) is 9.29 Å². The lowest BCUT2D eigenvalue weighted by Gasteiger charge is -2.23. The molecule has 0 atom stereocenters. The van der Waals surface area contributed by atoms with Crippen LogP contribution in [0.1, 0.15) is 43.2 Å². The van der Waals surface area contributed by atoms with E-state index in [-0.39, 0.29) is 22.4 Å². The van der Waals surface area contributed by atoms with Crippen molar-refractivity contribution in [2.24, 2.45) is 0 Å². The lowest BCUT2D eigenvalue weighted by molar-refractivity contribution is -0.136. The zero-order chi connectivity index (χ0) is 26.0. The van der Waals surface area contributed by atoms with Gasteiger partial charge < -0.3 is 9.67 Å². The highest BCUT2D eigenvalue weighted by atomic mass is 35.5. The molecule has 1 aromatic heterocycles. The average Bonchev–Trinajstić information content (AvgIpc) is 3.17. The molecule has 1 heterocycles. The predicted octanol–water partition coefficient (Wildman–Crippen LogP) is 6.25. The number of carboxylic acids is 1. The van der Waals surface area contributed by atoms with Crippen molar-refractivity contribution in [3.8, 4) is 11.3 Å². The molecule has 6 nitrogen and oxygen atoms in total. The standard InChI is InChI=1S/C29H29ClN2O4S/c30-25-16-15-21(17-27(25)37(35,36)31-22-11-5-2-6-12-22)29-24(18-28(33)34)23-13-7-8-14-26(23)32(29)19-20-9-3-1-4-10-20/h1,3-4,7-10,13-17,22,31H,2,5-6,11-12,18-19H2,(H,33,34). The van der Waals surface area contributed by atoms with Crippen molar-refractivity contribution in [2.45, 2.75) is 56.0 Å². The number of aliphatic carboxylic acids is 1. The molecule has 0 bridgehead atoms. The molecule has 1 saturated carbocycles. The summed E-state index contributed by atoms with van der Waals surface area (Å²) < 4.78 is 31.8. The topological polar surface area (TPSA) is 88.4 Å². The summed E-state index contributed by atoms with van der Waals surface area (Å²) >= 11 is 6.44. The number of benzene rings is 3. The van der Waals surface area contributed by atoms with E-state index in [1.807, 2.05) is 54.6 Å². The van der Waals surface area contributed by atoms with Crippen LogP contribution < -0.4 is 4.72 Å². The van der Waals surface area contributed by atoms with Gasteiger partial charge in [0.25, 0.3) is 0 Å². The van der Waals surface area contributed by atoms with Crippen molar-refractivity contribution in [2.75, 3.05) is 0 Å². The predicted molar refractivity (Wildman–Crippen MR) is 146 cm³/mol. The van der Waals surface area contributed by atoms with Gasteiger partial charge in [-0.2, -0.15) is 0 Å². The molecule has 1 fully saturated rings. The van der Waals surface area contributed by atoms with Crippen molar-refractivity contribution in [1.29, 1.82) is 0 Å². The van der Waals surface area contributed by atoms with Gasteiger partial charge in [-0.15, -0.1) is 0 Å². The second kappa shape index (κ2) is 10.7. The van der Waals surface area contributed by atoms with Crippen LogP contribution in [0.4, 0.5) is 0 Å². The molecule has 0 radical (unpaired) electrons. The van der Waals surface area contributed by atoms with Gasteiger partial charge in [-0.1, -0.05) is 85.5 Å². The monoisotopic (exact) mass is 536 g/mol. The zero-order valence-electron chi connectivity index (χ0n) is 20.4. The fraction of sp³-hybridized carbons (Fsp3) is 0.276. The van der Waals surface area contributed by atoms with Crippen molar-refractivity contribution < 1.29 is 18.3 Å².